The lowest BCUT2D eigenvalue weighted by atomic mass is 10.2. The molecule has 5 heteroatoms. The van der Waals surface area contributed by atoms with Gasteiger partial charge < -0.3 is 9.94 Å². The largest absolute Gasteiger partial charge is 0.463 e. The average molecular weight is 301 g/mol. The van der Waals surface area contributed by atoms with E-state index in [0.717, 1.165) is 5.06 Å². The molecule has 0 spiro atoms. The summed E-state index contributed by atoms with van der Waals surface area (Å²) in [4.78, 5) is 11.2. The molecule has 0 aromatic carbocycles. The first kappa shape index (κ1) is 13.1. The quantitative estimate of drug-likeness (QED) is 0.361. The minimum absolute atomic E-state index is 0.232. The second-order valence-corrected chi connectivity index (χ2v) is 5.85. The van der Waals surface area contributed by atoms with Crippen LogP contribution in [0.2, 0.25) is 0 Å². The summed E-state index contributed by atoms with van der Waals surface area (Å²) in [6, 6.07) is 0. The van der Waals surface area contributed by atoms with Crippen LogP contribution in [0.15, 0.2) is 0 Å². The molecule has 0 aromatic heterocycles. The maximum atomic E-state index is 11.2. The molecular formula is C8H16INO3. The number of rotatable bonds is 5. The SMILES string of the molecule is CCN(O)CCOC(=O)C(C)(C)I. The number of nitrogens with zero attached hydrogens (tertiary/aromatic N) is 1. The Balaban J connectivity index is 3.60. The molecule has 78 valence electrons. The van der Waals surface area contributed by atoms with Crippen molar-refractivity contribution in [3.8, 4) is 0 Å². The number of halogens is 1. The van der Waals surface area contributed by atoms with Gasteiger partial charge in [-0.3, -0.25) is 4.79 Å². The second kappa shape index (κ2) is 5.77. The molecule has 1 N–H and O–H groups in total. The molecule has 0 radical (unpaired) electrons. The fraction of sp³-hybridized carbons (Fsp3) is 0.875. The fourth-order valence-corrected chi connectivity index (χ4v) is 0.729. The molecule has 0 unspecified atom stereocenters. The van der Waals surface area contributed by atoms with Crippen molar-refractivity contribution in [2.45, 2.75) is 24.2 Å². The standard InChI is InChI=1S/C8H16INO3/c1-4-10(12)5-6-13-7(11)8(2,3)9/h12H,4-6H2,1-3H3. The third-order valence-electron chi connectivity index (χ3n) is 1.43. The monoisotopic (exact) mass is 301 g/mol. The Kier molecular flexibility index (Phi) is 5.82. The molecule has 0 fully saturated rings. The molecule has 0 aliphatic heterocycles. The first-order valence-corrected chi connectivity index (χ1v) is 5.25. The molecule has 0 atom stereocenters. The Morgan fingerprint density at radius 2 is 2.15 bits per heavy atom. The normalized spacial score (nSPS) is 11.8. The highest BCUT2D eigenvalue weighted by molar-refractivity contribution is 14.1. The third-order valence-corrected chi connectivity index (χ3v) is 1.87. The molecule has 0 saturated heterocycles. The van der Waals surface area contributed by atoms with Crippen LogP contribution in [0.3, 0.4) is 0 Å². The minimum Gasteiger partial charge on any atom is -0.463 e. The van der Waals surface area contributed by atoms with Gasteiger partial charge in [-0.2, -0.15) is 5.06 Å². The number of carbonyl (C=O) groups is 1. The Labute approximate surface area is 92.3 Å². The maximum Gasteiger partial charge on any atom is 0.321 e. The summed E-state index contributed by atoms with van der Waals surface area (Å²) >= 11 is 2.02. The van der Waals surface area contributed by atoms with Crippen molar-refractivity contribution in [2.24, 2.45) is 0 Å². The van der Waals surface area contributed by atoms with Crippen LogP contribution in [-0.4, -0.2) is 39.4 Å². The number of carbonyl (C=O) groups excluding carboxylic acids is 1. The highest BCUT2D eigenvalue weighted by Gasteiger charge is 2.25. The van der Waals surface area contributed by atoms with Gasteiger partial charge in [0.25, 0.3) is 0 Å². The van der Waals surface area contributed by atoms with E-state index in [1.807, 2.05) is 29.5 Å². The van der Waals surface area contributed by atoms with Gasteiger partial charge in [-0.05, 0) is 13.8 Å². The summed E-state index contributed by atoms with van der Waals surface area (Å²) < 4.78 is 4.44. The van der Waals surface area contributed by atoms with Crippen molar-refractivity contribution in [3.05, 3.63) is 0 Å². The molecule has 0 aliphatic rings. The minimum atomic E-state index is -0.496. The van der Waals surface area contributed by atoms with Gasteiger partial charge in [0, 0.05) is 6.54 Å². The van der Waals surface area contributed by atoms with Crippen molar-refractivity contribution in [3.63, 3.8) is 0 Å². The second-order valence-electron chi connectivity index (χ2n) is 3.15. The molecule has 0 amide bonds. The van der Waals surface area contributed by atoms with E-state index in [4.69, 9.17) is 9.94 Å². The van der Waals surface area contributed by atoms with Crippen LogP contribution in [0.4, 0.5) is 0 Å². The Hall–Kier alpha value is 0.120. The third kappa shape index (κ3) is 6.23. The van der Waals surface area contributed by atoms with E-state index >= 15 is 0 Å². The van der Waals surface area contributed by atoms with Crippen LogP contribution < -0.4 is 0 Å². The molecule has 0 saturated carbocycles. The summed E-state index contributed by atoms with van der Waals surface area (Å²) in [7, 11) is 0. The molecule has 0 aliphatic carbocycles. The summed E-state index contributed by atoms with van der Waals surface area (Å²) in [6.07, 6.45) is 0. The predicted octanol–water partition coefficient (Wildman–Crippen LogP) is 1.45. The lowest BCUT2D eigenvalue weighted by Crippen LogP contribution is -2.30. The molecule has 0 bridgehead atoms. The zero-order chi connectivity index (χ0) is 10.5. The van der Waals surface area contributed by atoms with Crippen molar-refractivity contribution in [1.82, 2.24) is 5.06 Å². The predicted molar refractivity (Wildman–Crippen MR) is 58.1 cm³/mol. The van der Waals surface area contributed by atoms with E-state index in [2.05, 4.69) is 0 Å². The van der Waals surface area contributed by atoms with Gasteiger partial charge in [0.2, 0.25) is 0 Å². The molecule has 0 heterocycles. The average Bonchev–Trinajstić information content (AvgIpc) is 2.02. The first-order chi connectivity index (χ1) is 5.88. The Morgan fingerprint density at radius 3 is 2.54 bits per heavy atom. The zero-order valence-corrected chi connectivity index (χ0v) is 10.4. The van der Waals surface area contributed by atoms with Gasteiger partial charge in [0.1, 0.15) is 10.0 Å². The number of alkyl halides is 1. The summed E-state index contributed by atoms with van der Waals surface area (Å²) in [6.45, 7) is 6.51. The maximum absolute atomic E-state index is 11.2. The van der Waals surface area contributed by atoms with Gasteiger partial charge in [0.05, 0.1) is 6.54 Å². The fourth-order valence-electron chi connectivity index (χ4n) is 0.573. The van der Waals surface area contributed by atoms with Gasteiger partial charge in [-0.1, -0.05) is 29.5 Å². The summed E-state index contributed by atoms with van der Waals surface area (Å²) in [5.74, 6) is -0.252. The van der Waals surface area contributed by atoms with Gasteiger partial charge in [-0.15, -0.1) is 0 Å². The number of ether oxygens (including phenoxy) is 1. The molecular weight excluding hydrogens is 285 g/mol. The number of likely N-dealkylation sites (N-methyl/N-ethyl adjacent to an activating group) is 1. The molecule has 0 rings (SSSR count). The van der Waals surface area contributed by atoms with Gasteiger partial charge in [0.15, 0.2) is 0 Å². The van der Waals surface area contributed by atoms with Gasteiger partial charge in [-0.25, -0.2) is 0 Å². The topological polar surface area (TPSA) is 49.8 Å². The number of hydrogen-bond donors (Lipinski definition) is 1. The van der Waals surface area contributed by atoms with Crippen molar-refractivity contribution >= 4 is 28.6 Å². The highest BCUT2D eigenvalue weighted by atomic mass is 127. The van der Waals surface area contributed by atoms with E-state index in [-0.39, 0.29) is 12.6 Å². The lowest BCUT2D eigenvalue weighted by molar-refractivity contribution is -0.150. The van der Waals surface area contributed by atoms with Crippen LogP contribution in [0.1, 0.15) is 20.8 Å². The Bertz CT molecular complexity index is 167. The highest BCUT2D eigenvalue weighted by Crippen LogP contribution is 2.17. The van der Waals surface area contributed by atoms with Gasteiger partial charge >= 0.3 is 5.97 Å². The number of hydroxylamine groups is 2. The summed E-state index contributed by atoms with van der Waals surface area (Å²) in [5, 5.41) is 10.1. The van der Waals surface area contributed by atoms with Crippen molar-refractivity contribution < 1.29 is 14.7 Å². The van der Waals surface area contributed by atoms with Crippen molar-refractivity contribution in [1.29, 1.82) is 0 Å². The van der Waals surface area contributed by atoms with Crippen molar-refractivity contribution in [2.75, 3.05) is 19.7 Å². The number of hydrogen-bond acceptors (Lipinski definition) is 4. The molecule has 4 nitrogen and oxygen atoms in total. The first-order valence-electron chi connectivity index (χ1n) is 4.18. The van der Waals surface area contributed by atoms with Crippen LogP contribution in [0.5, 0.6) is 0 Å². The Morgan fingerprint density at radius 1 is 1.62 bits per heavy atom. The lowest BCUT2D eigenvalue weighted by Gasteiger charge is -2.16. The van der Waals surface area contributed by atoms with E-state index in [0.29, 0.717) is 13.1 Å². The molecule has 0 aromatic rings. The number of esters is 1. The smallest absolute Gasteiger partial charge is 0.321 e. The summed E-state index contributed by atoms with van der Waals surface area (Å²) in [5.41, 5.74) is 0. The van der Waals surface area contributed by atoms with E-state index < -0.39 is 3.42 Å². The van der Waals surface area contributed by atoms with E-state index in [9.17, 15) is 4.79 Å². The van der Waals surface area contributed by atoms with Crippen LogP contribution in [-0.2, 0) is 9.53 Å². The molecule has 13 heavy (non-hydrogen) atoms. The van der Waals surface area contributed by atoms with E-state index in [1.54, 1.807) is 13.8 Å². The zero-order valence-electron chi connectivity index (χ0n) is 8.21. The van der Waals surface area contributed by atoms with Crippen LogP contribution >= 0.6 is 22.6 Å². The van der Waals surface area contributed by atoms with Crippen LogP contribution in [0.25, 0.3) is 0 Å². The van der Waals surface area contributed by atoms with Crippen LogP contribution in [0, 0.1) is 0 Å². The van der Waals surface area contributed by atoms with E-state index in [1.165, 1.54) is 0 Å².